The lowest BCUT2D eigenvalue weighted by Crippen LogP contribution is -2.25. The van der Waals surface area contributed by atoms with Crippen LogP contribution in [0.3, 0.4) is 0 Å². The Morgan fingerprint density at radius 3 is 2.56 bits per heavy atom. The highest BCUT2D eigenvalue weighted by Crippen LogP contribution is 2.42. The van der Waals surface area contributed by atoms with Gasteiger partial charge in [0.1, 0.15) is 5.60 Å². The average Bonchev–Trinajstić information content (AvgIpc) is 3.02. The van der Waals surface area contributed by atoms with Gasteiger partial charge in [-0.2, -0.15) is 11.3 Å². The first-order valence-electron chi connectivity index (χ1n) is 5.64. The first kappa shape index (κ1) is 10.1. The molecule has 0 aliphatic carbocycles. The van der Waals surface area contributed by atoms with Gasteiger partial charge in [-0.3, -0.25) is 0 Å². The fourth-order valence-electron chi connectivity index (χ4n) is 2.46. The van der Waals surface area contributed by atoms with Crippen molar-refractivity contribution in [3.05, 3.63) is 58.3 Å². The number of hydrogen-bond donors (Lipinski definition) is 0. The largest absolute Gasteiger partial charge is 0.366 e. The molecule has 1 aliphatic rings. The summed E-state index contributed by atoms with van der Waals surface area (Å²) in [6, 6.07) is 12.8. The number of benzene rings is 1. The summed E-state index contributed by atoms with van der Waals surface area (Å²) in [6.07, 6.45) is 2.23. The average molecular weight is 230 g/mol. The summed E-state index contributed by atoms with van der Waals surface area (Å²) < 4.78 is 6.08. The number of rotatable bonds is 2. The van der Waals surface area contributed by atoms with E-state index in [1.165, 1.54) is 11.1 Å². The predicted molar refractivity (Wildman–Crippen MR) is 66.7 cm³/mol. The second kappa shape index (κ2) is 4.04. The van der Waals surface area contributed by atoms with E-state index in [1.807, 2.05) is 0 Å². The fraction of sp³-hybridized carbons (Fsp3) is 0.286. The Hall–Kier alpha value is -1.12. The number of ether oxygens (including phenoxy) is 1. The zero-order valence-corrected chi connectivity index (χ0v) is 9.87. The van der Waals surface area contributed by atoms with Crippen molar-refractivity contribution in [1.29, 1.82) is 0 Å². The van der Waals surface area contributed by atoms with Crippen molar-refractivity contribution in [2.75, 3.05) is 6.61 Å². The van der Waals surface area contributed by atoms with Gasteiger partial charge in [0.2, 0.25) is 0 Å². The minimum Gasteiger partial charge on any atom is -0.366 e. The molecule has 82 valence electrons. The summed E-state index contributed by atoms with van der Waals surface area (Å²) in [6.45, 7) is 0.866. The minimum atomic E-state index is -0.179. The zero-order valence-electron chi connectivity index (χ0n) is 9.06. The van der Waals surface area contributed by atoms with E-state index in [0.717, 1.165) is 19.4 Å². The van der Waals surface area contributed by atoms with E-state index in [0.29, 0.717) is 0 Å². The van der Waals surface area contributed by atoms with E-state index in [1.54, 1.807) is 11.3 Å². The quantitative estimate of drug-likeness (QED) is 0.762. The Kier molecular flexibility index (Phi) is 2.54. The molecule has 1 aromatic heterocycles. The van der Waals surface area contributed by atoms with E-state index in [2.05, 4.69) is 47.2 Å². The van der Waals surface area contributed by atoms with Crippen molar-refractivity contribution in [2.24, 2.45) is 0 Å². The van der Waals surface area contributed by atoms with Crippen LogP contribution in [0.1, 0.15) is 24.0 Å². The smallest absolute Gasteiger partial charge is 0.119 e. The SMILES string of the molecule is c1ccc(C2(c3ccsc3)CCCO2)cc1. The number of thiophene rings is 1. The summed E-state index contributed by atoms with van der Waals surface area (Å²) in [5.74, 6) is 0. The van der Waals surface area contributed by atoms with Gasteiger partial charge in [-0.05, 0) is 40.8 Å². The Balaban J connectivity index is 2.11. The highest BCUT2D eigenvalue weighted by molar-refractivity contribution is 7.08. The van der Waals surface area contributed by atoms with Gasteiger partial charge in [0, 0.05) is 6.61 Å². The van der Waals surface area contributed by atoms with E-state index in [4.69, 9.17) is 4.74 Å². The fourth-order valence-corrected chi connectivity index (χ4v) is 3.18. The molecule has 1 atom stereocenters. The second-order valence-electron chi connectivity index (χ2n) is 4.16. The standard InChI is InChI=1S/C14H14OS/c1-2-5-12(6-3-1)14(8-4-9-15-14)13-7-10-16-11-13/h1-3,5-7,10-11H,4,8-9H2. The number of hydrogen-bond acceptors (Lipinski definition) is 2. The molecule has 1 fully saturated rings. The van der Waals surface area contributed by atoms with Crippen LogP contribution in [0, 0.1) is 0 Å². The van der Waals surface area contributed by atoms with E-state index < -0.39 is 0 Å². The molecule has 2 aromatic rings. The van der Waals surface area contributed by atoms with Crippen molar-refractivity contribution in [3.8, 4) is 0 Å². The van der Waals surface area contributed by atoms with Crippen molar-refractivity contribution >= 4 is 11.3 Å². The molecule has 1 saturated heterocycles. The third-order valence-electron chi connectivity index (χ3n) is 3.25. The topological polar surface area (TPSA) is 9.23 Å². The normalized spacial score (nSPS) is 24.8. The molecule has 0 radical (unpaired) electrons. The molecule has 3 rings (SSSR count). The maximum absolute atomic E-state index is 6.08. The van der Waals surface area contributed by atoms with Crippen LogP contribution in [0.25, 0.3) is 0 Å². The maximum atomic E-state index is 6.08. The van der Waals surface area contributed by atoms with Gasteiger partial charge in [-0.15, -0.1) is 0 Å². The molecular weight excluding hydrogens is 216 g/mol. The third kappa shape index (κ3) is 1.49. The van der Waals surface area contributed by atoms with Crippen molar-refractivity contribution in [2.45, 2.75) is 18.4 Å². The van der Waals surface area contributed by atoms with Crippen LogP contribution in [0.15, 0.2) is 47.2 Å². The molecule has 0 saturated carbocycles. The van der Waals surface area contributed by atoms with Crippen molar-refractivity contribution in [3.63, 3.8) is 0 Å². The minimum absolute atomic E-state index is 0.179. The lowest BCUT2D eigenvalue weighted by Gasteiger charge is -2.28. The van der Waals surface area contributed by atoms with Crippen LogP contribution in [0.4, 0.5) is 0 Å². The third-order valence-corrected chi connectivity index (χ3v) is 3.93. The van der Waals surface area contributed by atoms with Crippen LogP contribution in [0.5, 0.6) is 0 Å². The summed E-state index contributed by atoms with van der Waals surface area (Å²) in [5.41, 5.74) is 2.41. The van der Waals surface area contributed by atoms with E-state index in [9.17, 15) is 0 Å². The zero-order chi connectivity index (χ0) is 10.8. The molecule has 1 aromatic carbocycles. The van der Waals surface area contributed by atoms with Crippen molar-refractivity contribution in [1.82, 2.24) is 0 Å². The lowest BCUT2D eigenvalue weighted by atomic mass is 9.86. The van der Waals surface area contributed by atoms with Crippen LogP contribution in [-0.2, 0) is 10.3 Å². The summed E-state index contributed by atoms with van der Waals surface area (Å²) in [4.78, 5) is 0. The molecule has 0 amide bonds. The van der Waals surface area contributed by atoms with Gasteiger partial charge in [0.25, 0.3) is 0 Å². The van der Waals surface area contributed by atoms with Crippen LogP contribution >= 0.6 is 11.3 Å². The molecule has 2 heteroatoms. The van der Waals surface area contributed by atoms with E-state index in [-0.39, 0.29) is 5.60 Å². The Morgan fingerprint density at radius 2 is 1.94 bits per heavy atom. The van der Waals surface area contributed by atoms with Gasteiger partial charge in [-0.1, -0.05) is 30.3 Å². The molecule has 0 spiro atoms. The molecular formula is C14H14OS. The van der Waals surface area contributed by atoms with Gasteiger partial charge in [0.05, 0.1) is 0 Å². The van der Waals surface area contributed by atoms with Crippen LogP contribution in [-0.4, -0.2) is 6.61 Å². The molecule has 0 N–H and O–H groups in total. The predicted octanol–water partition coefficient (Wildman–Crippen LogP) is 3.80. The molecule has 2 heterocycles. The first-order valence-corrected chi connectivity index (χ1v) is 6.58. The van der Waals surface area contributed by atoms with Gasteiger partial charge >= 0.3 is 0 Å². The molecule has 16 heavy (non-hydrogen) atoms. The van der Waals surface area contributed by atoms with Gasteiger partial charge < -0.3 is 4.74 Å². The Labute approximate surface area is 99.7 Å². The second-order valence-corrected chi connectivity index (χ2v) is 4.94. The Bertz CT molecular complexity index is 441. The Morgan fingerprint density at radius 1 is 1.06 bits per heavy atom. The van der Waals surface area contributed by atoms with Gasteiger partial charge in [0.15, 0.2) is 0 Å². The molecule has 1 aliphatic heterocycles. The monoisotopic (exact) mass is 230 g/mol. The first-order chi connectivity index (χ1) is 7.92. The van der Waals surface area contributed by atoms with Crippen LogP contribution < -0.4 is 0 Å². The highest BCUT2D eigenvalue weighted by Gasteiger charge is 2.38. The lowest BCUT2D eigenvalue weighted by molar-refractivity contribution is 0.0363. The van der Waals surface area contributed by atoms with Gasteiger partial charge in [-0.25, -0.2) is 0 Å². The van der Waals surface area contributed by atoms with E-state index >= 15 is 0 Å². The molecule has 1 nitrogen and oxygen atoms in total. The highest BCUT2D eigenvalue weighted by atomic mass is 32.1. The summed E-state index contributed by atoms with van der Waals surface area (Å²) >= 11 is 1.74. The summed E-state index contributed by atoms with van der Waals surface area (Å²) in [7, 11) is 0. The molecule has 1 unspecified atom stereocenters. The summed E-state index contributed by atoms with van der Waals surface area (Å²) in [5, 5.41) is 4.33. The molecule has 0 bridgehead atoms. The van der Waals surface area contributed by atoms with Crippen molar-refractivity contribution < 1.29 is 4.74 Å². The van der Waals surface area contributed by atoms with Crippen LogP contribution in [0.2, 0.25) is 0 Å². The maximum Gasteiger partial charge on any atom is 0.119 e.